The van der Waals surface area contributed by atoms with E-state index in [2.05, 4.69) is 20.6 Å². The van der Waals surface area contributed by atoms with Gasteiger partial charge in [0.05, 0.1) is 19.8 Å². The van der Waals surface area contributed by atoms with Gasteiger partial charge in [-0.3, -0.25) is 0 Å². The number of rotatable bonds is 3. The number of aromatic nitrogens is 2. The van der Waals surface area contributed by atoms with Gasteiger partial charge < -0.3 is 20.1 Å². The van der Waals surface area contributed by atoms with Crippen molar-refractivity contribution in [3.8, 4) is 5.88 Å². The van der Waals surface area contributed by atoms with Crippen LogP contribution in [0.4, 0.5) is 11.5 Å². The molecule has 6 heteroatoms. The summed E-state index contributed by atoms with van der Waals surface area (Å²) in [6.45, 7) is 1.41. The summed E-state index contributed by atoms with van der Waals surface area (Å²) in [7, 11) is 3.27. The molecular weight excluding hydrogens is 196 g/mol. The van der Waals surface area contributed by atoms with E-state index in [9.17, 15) is 0 Å². The summed E-state index contributed by atoms with van der Waals surface area (Å²) in [5.41, 5.74) is 0.812. The standard InChI is InChI=1S/C9H14N4O2/c1-14-4-6-3-10-7-8(13-6)11-5-12-9(7)15-2/h5-6,10H,3-4H2,1-2H3,(H,11,12,13). The molecule has 0 radical (unpaired) electrons. The number of nitrogens with zero attached hydrogens (tertiary/aromatic N) is 2. The molecule has 82 valence electrons. The van der Waals surface area contributed by atoms with Gasteiger partial charge in [-0.25, -0.2) is 4.98 Å². The number of hydrogen-bond donors (Lipinski definition) is 2. The van der Waals surface area contributed by atoms with Crippen LogP contribution in [0.15, 0.2) is 6.33 Å². The normalized spacial score (nSPS) is 18.7. The van der Waals surface area contributed by atoms with Crippen molar-refractivity contribution in [3.05, 3.63) is 6.33 Å². The van der Waals surface area contributed by atoms with Crippen LogP contribution in [0.25, 0.3) is 0 Å². The Morgan fingerprint density at radius 2 is 2.33 bits per heavy atom. The summed E-state index contributed by atoms with van der Waals surface area (Å²) in [6, 6.07) is 0.224. The van der Waals surface area contributed by atoms with Crippen LogP contribution >= 0.6 is 0 Å². The molecule has 2 heterocycles. The second-order valence-corrected chi connectivity index (χ2v) is 3.28. The van der Waals surface area contributed by atoms with Gasteiger partial charge in [0.1, 0.15) is 12.0 Å². The maximum atomic E-state index is 5.12. The Bertz CT molecular complexity index is 345. The van der Waals surface area contributed by atoms with E-state index in [0.29, 0.717) is 12.5 Å². The Kier molecular flexibility index (Phi) is 2.86. The highest BCUT2D eigenvalue weighted by atomic mass is 16.5. The summed E-state index contributed by atoms with van der Waals surface area (Å²) >= 11 is 0. The lowest BCUT2D eigenvalue weighted by atomic mass is 10.2. The lowest BCUT2D eigenvalue weighted by Crippen LogP contribution is -2.37. The Hall–Kier alpha value is -1.56. The lowest BCUT2D eigenvalue weighted by Gasteiger charge is -2.27. The van der Waals surface area contributed by atoms with E-state index in [1.165, 1.54) is 6.33 Å². The summed E-state index contributed by atoms with van der Waals surface area (Å²) in [5, 5.41) is 6.48. The summed E-state index contributed by atoms with van der Waals surface area (Å²) in [4.78, 5) is 8.15. The van der Waals surface area contributed by atoms with Crippen molar-refractivity contribution in [1.29, 1.82) is 0 Å². The molecule has 2 rings (SSSR count). The predicted octanol–water partition coefficient (Wildman–Crippen LogP) is 0.338. The quantitative estimate of drug-likeness (QED) is 0.749. The van der Waals surface area contributed by atoms with Crippen molar-refractivity contribution >= 4 is 11.5 Å². The molecule has 1 atom stereocenters. The average molecular weight is 210 g/mol. The van der Waals surface area contributed by atoms with E-state index in [-0.39, 0.29) is 6.04 Å². The van der Waals surface area contributed by atoms with Gasteiger partial charge in [-0.15, -0.1) is 0 Å². The largest absolute Gasteiger partial charge is 0.479 e. The lowest BCUT2D eigenvalue weighted by molar-refractivity contribution is 0.188. The van der Waals surface area contributed by atoms with Crippen molar-refractivity contribution in [2.45, 2.75) is 6.04 Å². The van der Waals surface area contributed by atoms with Gasteiger partial charge in [-0.2, -0.15) is 4.98 Å². The van der Waals surface area contributed by atoms with Crippen LogP contribution in [0.5, 0.6) is 5.88 Å². The summed E-state index contributed by atoms with van der Waals surface area (Å²) in [5.74, 6) is 1.32. The molecular formula is C9H14N4O2. The second-order valence-electron chi connectivity index (χ2n) is 3.28. The Balaban J connectivity index is 2.20. The van der Waals surface area contributed by atoms with Gasteiger partial charge in [-0.1, -0.05) is 0 Å². The van der Waals surface area contributed by atoms with E-state index >= 15 is 0 Å². The van der Waals surface area contributed by atoms with Crippen molar-refractivity contribution in [2.24, 2.45) is 0 Å². The van der Waals surface area contributed by atoms with Crippen molar-refractivity contribution in [3.63, 3.8) is 0 Å². The van der Waals surface area contributed by atoms with Crippen LogP contribution in [0.1, 0.15) is 0 Å². The highest BCUT2D eigenvalue weighted by Crippen LogP contribution is 2.30. The SMILES string of the molecule is COCC1CNc2c(ncnc2OC)N1. The van der Waals surface area contributed by atoms with E-state index in [1.54, 1.807) is 14.2 Å². The minimum absolute atomic E-state index is 0.224. The van der Waals surface area contributed by atoms with Crippen LogP contribution in [0.2, 0.25) is 0 Å². The molecule has 0 fully saturated rings. The highest BCUT2D eigenvalue weighted by molar-refractivity contribution is 5.71. The molecule has 1 aromatic heterocycles. The first-order valence-corrected chi connectivity index (χ1v) is 4.73. The van der Waals surface area contributed by atoms with Crippen LogP contribution in [0.3, 0.4) is 0 Å². The Morgan fingerprint density at radius 3 is 3.07 bits per heavy atom. The molecule has 6 nitrogen and oxygen atoms in total. The molecule has 15 heavy (non-hydrogen) atoms. The molecule has 1 aromatic rings. The third-order valence-electron chi connectivity index (χ3n) is 2.24. The number of hydrogen-bond acceptors (Lipinski definition) is 6. The van der Waals surface area contributed by atoms with Crippen LogP contribution in [-0.2, 0) is 4.74 Å². The number of ether oxygens (including phenoxy) is 2. The monoisotopic (exact) mass is 210 g/mol. The van der Waals surface area contributed by atoms with Gasteiger partial charge in [0.2, 0.25) is 5.88 Å². The molecule has 1 aliphatic heterocycles. The average Bonchev–Trinajstić information content (AvgIpc) is 2.28. The molecule has 1 aliphatic rings. The van der Waals surface area contributed by atoms with E-state index in [1.807, 2.05) is 0 Å². The first-order chi connectivity index (χ1) is 7.35. The van der Waals surface area contributed by atoms with Gasteiger partial charge in [0, 0.05) is 13.7 Å². The fraction of sp³-hybridized carbons (Fsp3) is 0.556. The van der Waals surface area contributed by atoms with E-state index < -0.39 is 0 Å². The van der Waals surface area contributed by atoms with Crippen LogP contribution in [-0.4, -0.2) is 43.4 Å². The van der Waals surface area contributed by atoms with E-state index in [0.717, 1.165) is 18.1 Å². The zero-order chi connectivity index (χ0) is 10.7. The first kappa shape index (κ1) is 9.97. The van der Waals surface area contributed by atoms with Gasteiger partial charge in [-0.05, 0) is 0 Å². The predicted molar refractivity (Wildman–Crippen MR) is 56.4 cm³/mol. The Morgan fingerprint density at radius 1 is 1.47 bits per heavy atom. The molecule has 0 saturated carbocycles. The number of methoxy groups -OCH3 is 2. The minimum atomic E-state index is 0.224. The van der Waals surface area contributed by atoms with Gasteiger partial charge >= 0.3 is 0 Å². The number of nitrogens with one attached hydrogen (secondary N) is 2. The molecule has 0 spiro atoms. The molecule has 0 amide bonds. The van der Waals surface area contributed by atoms with Crippen molar-refractivity contribution < 1.29 is 9.47 Å². The second kappa shape index (κ2) is 4.31. The van der Waals surface area contributed by atoms with Crippen LogP contribution in [0, 0.1) is 0 Å². The first-order valence-electron chi connectivity index (χ1n) is 4.73. The minimum Gasteiger partial charge on any atom is -0.479 e. The third kappa shape index (κ3) is 1.94. The van der Waals surface area contributed by atoms with E-state index in [4.69, 9.17) is 9.47 Å². The molecule has 0 aromatic carbocycles. The zero-order valence-electron chi connectivity index (χ0n) is 8.78. The topological polar surface area (TPSA) is 68.3 Å². The van der Waals surface area contributed by atoms with Crippen molar-refractivity contribution in [1.82, 2.24) is 9.97 Å². The smallest absolute Gasteiger partial charge is 0.242 e. The Labute approximate surface area is 88.0 Å². The van der Waals surface area contributed by atoms with Gasteiger partial charge in [0.25, 0.3) is 0 Å². The fourth-order valence-corrected chi connectivity index (χ4v) is 1.56. The number of fused-ring (bicyclic) bond motifs is 1. The molecule has 0 bridgehead atoms. The zero-order valence-corrected chi connectivity index (χ0v) is 8.78. The fourth-order valence-electron chi connectivity index (χ4n) is 1.56. The molecule has 1 unspecified atom stereocenters. The summed E-state index contributed by atoms with van der Waals surface area (Å²) < 4.78 is 10.2. The van der Waals surface area contributed by atoms with Crippen LogP contribution < -0.4 is 15.4 Å². The molecule has 2 N–H and O–H groups in total. The van der Waals surface area contributed by atoms with Crippen molar-refractivity contribution in [2.75, 3.05) is 38.0 Å². The molecule has 0 aliphatic carbocycles. The highest BCUT2D eigenvalue weighted by Gasteiger charge is 2.21. The third-order valence-corrected chi connectivity index (χ3v) is 2.24. The molecule has 0 saturated heterocycles. The van der Waals surface area contributed by atoms with Gasteiger partial charge in [0.15, 0.2) is 5.82 Å². The maximum Gasteiger partial charge on any atom is 0.242 e. The maximum absolute atomic E-state index is 5.12. The summed E-state index contributed by atoms with van der Waals surface area (Å²) in [6.07, 6.45) is 1.47. The number of anilines is 2.